The molecule has 2 N–H and O–H groups in total. The normalized spacial score (nSPS) is 24.8. The number of likely N-dealkylation sites (N-methyl/N-ethyl adjacent to an activating group) is 1. The Morgan fingerprint density at radius 2 is 1.44 bits per heavy atom. The van der Waals surface area contributed by atoms with Gasteiger partial charge in [-0.25, -0.2) is 0 Å². The van der Waals surface area contributed by atoms with Crippen LogP contribution in [0.15, 0.2) is 0 Å². The predicted molar refractivity (Wildman–Crippen MR) is 81.4 cm³/mol. The molecule has 1 saturated heterocycles. The van der Waals surface area contributed by atoms with Crippen LogP contribution in [0.4, 0.5) is 26.3 Å². The van der Waals surface area contributed by atoms with E-state index in [0.29, 0.717) is 0 Å². The molecule has 0 aromatic rings. The highest BCUT2D eigenvalue weighted by Crippen LogP contribution is 2.41. The number of rotatable bonds is 2. The van der Waals surface area contributed by atoms with E-state index in [1.54, 1.807) is 13.8 Å². The number of nitrogens with zero attached hydrogens (tertiary/aromatic N) is 2. The standard InChI is InChI=1S/C13H22F6N2.H3O3P/c1-10(2)7-20(5)9(6-12(14,15)16)11(3,4)21(10)8-13(17,18)19;1-4(2)3/h9H,6-8H2,1-5H3;4H,(H2,1,2,3). The molecule has 1 aliphatic rings. The Balaban J connectivity index is 0.00000129. The summed E-state index contributed by atoms with van der Waals surface area (Å²) in [6, 6.07) is -1.02. The molecule has 1 fully saturated rings. The third-order valence-electron chi connectivity index (χ3n) is 4.17. The lowest BCUT2D eigenvalue weighted by Crippen LogP contribution is -2.73. The third kappa shape index (κ3) is 8.25. The Labute approximate surface area is 143 Å². The van der Waals surface area contributed by atoms with Gasteiger partial charge in [-0.05, 0) is 34.7 Å². The zero-order valence-electron chi connectivity index (χ0n) is 14.7. The van der Waals surface area contributed by atoms with E-state index in [0.717, 1.165) is 4.90 Å². The van der Waals surface area contributed by atoms with E-state index in [-0.39, 0.29) is 6.54 Å². The maximum absolute atomic E-state index is 12.8. The van der Waals surface area contributed by atoms with Crippen molar-refractivity contribution in [2.75, 3.05) is 20.1 Å². The molecule has 25 heavy (non-hydrogen) atoms. The second-order valence-corrected chi connectivity index (χ2v) is 7.77. The van der Waals surface area contributed by atoms with Gasteiger partial charge in [-0.1, -0.05) is 0 Å². The molecule has 0 aromatic carbocycles. The highest BCUT2D eigenvalue weighted by molar-refractivity contribution is 7.30. The average Bonchev–Trinajstić information content (AvgIpc) is 2.27. The minimum Gasteiger partial charge on any atom is -0.326 e. The second-order valence-electron chi connectivity index (χ2n) is 7.20. The summed E-state index contributed by atoms with van der Waals surface area (Å²) in [5.41, 5.74) is -2.11. The molecule has 0 spiro atoms. The van der Waals surface area contributed by atoms with E-state index in [1.807, 2.05) is 0 Å². The fraction of sp³-hybridized carbons (Fsp3) is 1.00. The van der Waals surface area contributed by atoms with Crippen LogP contribution in [0.5, 0.6) is 0 Å². The van der Waals surface area contributed by atoms with Gasteiger partial charge in [-0.2, -0.15) is 26.3 Å². The molecule has 1 rings (SSSR count). The van der Waals surface area contributed by atoms with Crippen molar-refractivity contribution in [3.05, 3.63) is 0 Å². The van der Waals surface area contributed by atoms with Crippen molar-refractivity contribution < 1.29 is 40.7 Å². The molecule has 0 radical (unpaired) electrons. The molecular weight excluding hydrogens is 377 g/mol. The fourth-order valence-corrected chi connectivity index (χ4v) is 3.53. The molecule has 1 aliphatic heterocycles. The van der Waals surface area contributed by atoms with Gasteiger partial charge in [0.15, 0.2) is 0 Å². The van der Waals surface area contributed by atoms with Crippen molar-refractivity contribution in [2.24, 2.45) is 0 Å². The lowest BCUT2D eigenvalue weighted by molar-refractivity contribution is -0.213. The van der Waals surface area contributed by atoms with E-state index in [4.69, 9.17) is 14.4 Å². The smallest absolute Gasteiger partial charge is 0.326 e. The molecule has 1 unspecified atom stereocenters. The molecule has 0 saturated carbocycles. The van der Waals surface area contributed by atoms with Crippen molar-refractivity contribution in [3.63, 3.8) is 0 Å². The Morgan fingerprint density at radius 1 is 1.04 bits per heavy atom. The molecule has 0 aromatic heterocycles. The fourth-order valence-electron chi connectivity index (χ4n) is 3.53. The van der Waals surface area contributed by atoms with Crippen molar-refractivity contribution in [3.8, 4) is 0 Å². The van der Waals surface area contributed by atoms with Crippen molar-refractivity contribution >= 4 is 8.25 Å². The minimum absolute atomic E-state index is 0.146. The maximum Gasteiger partial charge on any atom is 0.401 e. The van der Waals surface area contributed by atoms with Gasteiger partial charge in [0.05, 0.1) is 13.0 Å². The van der Waals surface area contributed by atoms with Crippen LogP contribution >= 0.6 is 8.25 Å². The van der Waals surface area contributed by atoms with Crippen molar-refractivity contribution in [1.82, 2.24) is 9.80 Å². The quantitative estimate of drug-likeness (QED) is 0.549. The summed E-state index contributed by atoms with van der Waals surface area (Å²) in [6.45, 7) is 5.09. The molecule has 1 atom stereocenters. The molecule has 0 bridgehead atoms. The predicted octanol–water partition coefficient (Wildman–Crippen LogP) is 3.04. The first-order valence-electron chi connectivity index (χ1n) is 7.33. The van der Waals surface area contributed by atoms with Crippen LogP contribution in [0.25, 0.3) is 0 Å². The Bertz CT molecular complexity index is 464. The lowest BCUT2D eigenvalue weighted by Gasteiger charge is -2.60. The lowest BCUT2D eigenvalue weighted by atomic mass is 9.80. The summed E-state index contributed by atoms with van der Waals surface area (Å²) >= 11 is 0. The first kappa shape index (κ1) is 24.7. The van der Waals surface area contributed by atoms with E-state index in [2.05, 4.69) is 0 Å². The van der Waals surface area contributed by atoms with Gasteiger partial charge in [0.1, 0.15) is 0 Å². The SMILES string of the molecule is CN1CC(C)(C)N(CC(F)(F)F)C(C)(C)C1CC(F)(F)F.O=[PH](O)O. The largest absolute Gasteiger partial charge is 0.401 e. The Morgan fingerprint density at radius 3 is 1.76 bits per heavy atom. The zero-order chi connectivity index (χ0) is 20.4. The summed E-state index contributed by atoms with van der Waals surface area (Å²) in [4.78, 5) is 17.0. The Hall–Kier alpha value is -0.350. The van der Waals surface area contributed by atoms with Crippen molar-refractivity contribution in [1.29, 1.82) is 0 Å². The van der Waals surface area contributed by atoms with Gasteiger partial charge in [0.2, 0.25) is 0 Å². The van der Waals surface area contributed by atoms with Gasteiger partial charge >= 0.3 is 20.6 Å². The molecule has 12 heteroatoms. The molecular formula is C13H25F6N2O3P. The number of halogens is 6. The van der Waals surface area contributed by atoms with Crippen LogP contribution in [0.1, 0.15) is 34.1 Å². The number of piperazine rings is 1. The third-order valence-corrected chi connectivity index (χ3v) is 4.17. The number of hydrogen-bond donors (Lipinski definition) is 2. The van der Waals surface area contributed by atoms with Gasteiger partial charge in [0, 0.05) is 23.7 Å². The number of alkyl halides is 6. The van der Waals surface area contributed by atoms with Crippen LogP contribution in [0.3, 0.4) is 0 Å². The molecule has 0 aliphatic carbocycles. The van der Waals surface area contributed by atoms with Crippen LogP contribution in [-0.4, -0.2) is 69.2 Å². The van der Waals surface area contributed by atoms with Crippen LogP contribution < -0.4 is 0 Å². The topological polar surface area (TPSA) is 64.0 Å². The average molecular weight is 402 g/mol. The summed E-state index contributed by atoms with van der Waals surface area (Å²) in [5.74, 6) is 0. The molecule has 1 heterocycles. The summed E-state index contributed by atoms with van der Waals surface area (Å²) in [5, 5.41) is 0. The van der Waals surface area contributed by atoms with Gasteiger partial charge in [0.25, 0.3) is 0 Å². The maximum atomic E-state index is 12.8. The molecule has 0 amide bonds. The van der Waals surface area contributed by atoms with Gasteiger partial charge in [-0.15, -0.1) is 0 Å². The first-order chi connectivity index (χ1) is 10.8. The highest BCUT2D eigenvalue weighted by Gasteiger charge is 2.54. The summed E-state index contributed by atoms with van der Waals surface area (Å²) in [6.07, 6.45) is -9.99. The summed E-state index contributed by atoms with van der Waals surface area (Å²) < 4.78 is 85.4. The minimum atomic E-state index is -4.45. The Kier molecular flexibility index (Phi) is 8.01. The van der Waals surface area contributed by atoms with Crippen LogP contribution in [0, 0.1) is 0 Å². The first-order valence-corrected chi connectivity index (χ1v) is 8.63. The second kappa shape index (κ2) is 8.12. The van der Waals surface area contributed by atoms with Crippen molar-refractivity contribution in [2.45, 2.75) is 63.6 Å². The van der Waals surface area contributed by atoms with E-state index >= 15 is 0 Å². The van der Waals surface area contributed by atoms with Gasteiger partial charge < -0.3 is 9.79 Å². The van der Waals surface area contributed by atoms with E-state index in [9.17, 15) is 26.3 Å². The zero-order valence-corrected chi connectivity index (χ0v) is 15.7. The van der Waals surface area contributed by atoms with Gasteiger partial charge in [-0.3, -0.25) is 14.4 Å². The highest BCUT2D eigenvalue weighted by atomic mass is 31.1. The van der Waals surface area contributed by atoms with E-state index < -0.39 is 50.7 Å². The van der Waals surface area contributed by atoms with Crippen LogP contribution in [-0.2, 0) is 4.57 Å². The van der Waals surface area contributed by atoms with Crippen LogP contribution in [0.2, 0.25) is 0 Å². The summed E-state index contributed by atoms with van der Waals surface area (Å²) in [7, 11) is -1.60. The molecule has 152 valence electrons. The monoisotopic (exact) mass is 402 g/mol. The van der Waals surface area contributed by atoms with E-state index in [1.165, 1.54) is 25.8 Å². The molecule has 5 nitrogen and oxygen atoms in total. The number of hydrogen-bond acceptors (Lipinski definition) is 3.